The first-order valence-electron chi connectivity index (χ1n) is 6.26. The summed E-state index contributed by atoms with van der Waals surface area (Å²) in [6, 6.07) is 5.84. The Morgan fingerprint density at radius 1 is 1.30 bits per heavy atom. The number of rotatable bonds is 5. The number of anilines is 3. The van der Waals surface area contributed by atoms with E-state index < -0.39 is 0 Å². The van der Waals surface area contributed by atoms with Gasteiger partial charge in [-0.2, -0.15) is 15.0 Å². The minimum Gasteiger partial charge on any atom is -0.463 e. The van der Waals surface area contributed by atoms with Crippen LogP contribution >= 0.6 is 11.6 Å². The monoisotopic (exact) mass is 293 g/mol. The molecule has 0 spiro atoms. The molecule has 1 aromatic carbocycles. The summed E-state index contributed by atoms with van der Waals surface area (Å²) >= 11 is 6.15. The molecule has 1 aromatic heterocycles. The number of aromatic nitrogens is 3. The average Bonchev–Trinajstić information content (AvgIpc) is 2.39. The van der Waals surface area contributed by atoms with Crippen molar-refractivity contribution in [1.29, 1.82) is 0 Å². The normalized spacial score (nSPS) is 10.3. The third-order valence-electron chi connectivity index (χ3n) is 2.44. The topological polar surface area (TPSA) is 86.0 Å². The SMILES string of the molecule is CCCOc1nc(N)nc(Nc2ccc(C)cc2Cl)n1. The first-order valence-corrected chi connectivity index (χ1v) is 6.64. The summed E-state index contributed by atoms with van der Waals surface area (Å²) in [5.74, 6) is 0.395. The molecule has 0 aliphatic rings. The molecule has 7 heteroatoms. The van der Waals surface area contributed by atoms with Crippen molar-refractivity contribution in [3.05, 3.63) is 28.8 Å². The van der Waals surface area contributed by atoms with Crippen molar-refractivity contribution in [1.82, 2.24) is 15.0 Å². The van der Waals surface area contributed by atoms with Gasteiger partial charge in [0.05, 0.1) is 17.3 Å². The highest BCUT2D eigenvalue weighted by molar-refractivity contribution is 6.33. The van der Waals surface area contributed by atoms with Gasteiger partial charge in [-0.15, -0.1) is 0 Å². The molecule has 3 N–H and O–H groups in total. The van der Waals surface area contributed by atoms with E-state index in [1.807, 2.05) is 32.0 Å². The fraction of sp³-hybridized carbons (Fsp3) is 0.308. The number of ether oxygens (including phenoxy) is 1. The second-order valence-corrected chi connectivity index (χ2v) is 4.66. The molecule has 6 nitrogen and oxygen atoms in total. The first-order chi connectivity index (χ1) is 9.58. The highest BCUT2D eigenvalue weighted by Gasteiger charge is 2.07. The Bertz CT molecular complexity index is 605. The van der Waals surface area contributed by atoms with Crippen molar-refractivity contribution in [2.75, 3.05) is 17.7 Å². The Balaban J connectivity index is 2.21. The number of hydrogen-bond acceptors (Lipinski definition) is 6. The van der Waals surface area contributed by atoms with Gasteiger partial charge >= 0.3 is 6.01 Å². The number of nitrogens with two attached hydrogens (primary N) is 1. The van der Waals surface area contributed by atoms with Crippen LogP contribution in [-0.2, 0) is 0 Å². The zero-order valence-corrected chi connectivity index (χ0v) is 12.1. The van der Waals surface area contributed by atoms with E-state index in [1.165, 1.54) is 0 Å². The summed E-state index contributed by atoms with van der Waals surface area (Å²) in [6.07, 6.45) is 0.859. The molecule has 1 heterocycles. The zero-order chi connectivity index (χ0) is 14.5. The van der Waals surface area contributed by atoms with E-state index >= 15 is 0 Å². The van der Waals surface area contributed by atoms with Gasteiger partial charge in [0, 0.05) is 0 Å². The molecular weight excluding hydrogens is 278 g/mol. The number of hydrogen-bond donors (Lipinski definition) is 2. The summed E-state index contributed by atoms with van der Waals surface area (Å²) in [7, 11) is 0. The third kappa shape index (κ3) is 3.71. The Morgan fingerprint density at radius 2 is 2.10 bits per heavy atom. The van der Waals surface area contributed by atoms with E-state index in [-0.39, 0.29) is 12.0 Å². The fourth-order valence-corrected chi connectivity index (χ4v) is 1.81. The molecule has 20 heavy (non-hydrogen) atoms. The highest BCUT2D eigenvalue weighted by Crippen LogP contribution is 2.25. The number of halogens is 1. The fourth-order valence-electron chi connectivity index (χ4n) is 1.53. The van der Waals surface area contributed by atoms with Gasteiger partial charge in [-0.1, -0.05) is 24.6 Å². The molecule has 0 atom stereocenters. The van der Waals surface area contributed by atoms with Crippen LogP contribution in [0.5, 0.6) is 6.01 Å². The van der Waals surface area contributed by atoms with Crippen molar-refractivity contribution in [3.63, 3.8) is 0 Å². The number of aryl methyl sites for hydroxylation is 1. The van der Waals surface area contributed by atoms with Crippen molar-refractivity contribution >= 4 is 29.2 Å². The number of nitrogens with zero attached hydrogens (tertiary/aromatic N) is 3. The van der Waals surface area contributed by atoms with E-state index in [0.717, 1.165) is 12.0 Å². The van der Waals surface area contributed by atoms with E-state index in [2.05, 4.69) is 20.3 Å². The van der Waals surface area contributed by atoms with Crippen LogP contribution in [0.25, 0.3) is 0 Å². The van der Waals surface area contributed by atoms with E-state index in [1.54, 1.807) is 0 Å². The van der Waals surface area contributed by atoms with E-state index in [4.69, 9.17) is 22.1 Å². The summed E-state index contributed by atoms with van der Waals surface area (Å²) < 4.78 is 5.35. The van der Waals surface area contributed by atoms with Crippen LogP contribution < -0.4 is 15.8 Å². The van der Waals surface area contributed by atoms with Gasteiger partial charge in [-0.05, 0) is 31.0 Å². The van der Waals surface area contributed by atoms with Crippen LogP contribution in [-0.4, -0.2) is 21.6 Å². The molecule has 2 rings (SSSR count). The lowest BCUT2D eigenvalue weighted by Gasteiger charge is -2.09. The summed E-state index contributed by atoms with van der Waals surface area (Å²) in [6.45, 7) is 4.48. The predicted octanol–water partition coefficient (Wildman–Crippen LogP) is 2.95. The average molecular weight is 294 g/mol. The molecule has 106 valence electrons. The Hall–Kier alpha value is -2.08. The standard InChI is InChI=1S/C13H16ClN5O/c1-3-6-20-13-18-11(15)17-12(19-13)16-10-5-4-8(2)7-9(10)14/h4-5,7H,3,6H2,1-2H3,(H3,15,16,17,18,19). The zero-order valence-electron chi connectivity index (χ0n) is 11.4. The van der Waals surface area contributed by atoms with Gasteiger partial charge in [-0.3, -0.25) is 0 Å². The minimum atomic E-state index is 0.0943. The minimum absolute atomic E-state index is 0.0943. The summed E-state index contributed by atoms with van der Waals surface area (Å²) in [4.78, 5) is 12.1. The molecular formula is C13H16ClN5O. The van der Waals surface area contributed by atoms with Gasteiger partial charge in [0.15, 0.2) is 0 Å². The lowest BCUT2D eigenvalue weighted by atomic mass is 10.2. The second kappa shape index (κ2) is 6.38. The van der Waals surface area contributed by atoms with E-state index in [0.29, 0.717) is 23.3 Å². The summed E-state index contributed by atoms with van der Waals surface area (Å²) in [5, 5.41) is 3.59. The second-order valence-electron chi connectivity index (χ2n) is 4.26. The number of benzene rings is 1. The van der Waals surface area contributed by atoms with Gasteiger partial charge < -0.3 is 15.8 Å². The van der Waals surface area contributed by atoms with Crippen LogP contribution in [0.1, 0.15) is 18.9 Å². The van der Waals surface area contributed by atoms with Gasteiger partial charge in [0.1, 0.15) is 0 Å². The number of nitrogen functional groups attached to an aromatic ring is 1. The molecule has 0 saturated heterocycles. The van der Waals surface area contributed by atoms with Gasteiger partial charge in [0.2, 0.25) is 11.9 Å². The van der Waals surface area contributed by atoms with Gasteiger partial charge in [0.25, 0.3) is 0 Å². The van der Waals surface area contributed by atoms with Crippen molar-refractivity contribution < 1.29 is 4.74 Å². The Morgan fingerprint density at radius 3 is 2.80 bits per heavy atom. The maximum atomic E-state index is 6.15. The molecule has 0 radical (unpaired) electrons. The van der Waals surface area contributed by atoms with Gasteiger partial charge in [-0.25, -0.2) is 0 Å². The smallest absolute Gasteiger partial charge is 0.323 e. The van der Waals surface area contributed by atoms with Crippen molar-refractivity contribution in [2.24, 2.45) is 0 Å². The lowest BCUT2D eigenvalue weighted by molar-refractivity contribution is 0.292. The number of nitrogens with one attached hydrogen (secondary N) is 1. The highest BCUT2D eigenvalue weighted by atomic mass is 35.5. The van der Waals surface area contributed by atoms with Crippen molar-refractivity contribution in [3.8, 4) is 6.01 Å². The molecule has 0 aliphatic heterocycles. The maximum Gasteiger partial charge on any atom is 0.323 e. The quantitative estimate of drug-likeness (QED) is 0.881. The molecule has 0 amide bonds. The molecule has 0 aliphatic carbocycles. The molecule has 2 aromatic rings. The Kier molecular flexibility index (Phi) is 4.57. The first kappa shape index (κ1) is 14.3. The molecule has 0 saturated carbocycles. The third-order valence-corrected chi connectivity index (χ3v) is 2.75. The Labute approximate surface area is 122 Å². The molecule has 0 unspecified atom stereocenters. The predicted molar refractivity (Wildman–Crippen MR) is 79.5 cm³/mol. The van der Waals surface area contributed by atoms with Crippen LogP contribution in [0.3, 0.4) is 0 Å². The molecule has 0 fully saturated rings. The van der Waals surface area contributed by atoms with Crippen LogP contribution in [0.4, 0.5) is 17.6 Å². The lowest BCUT2D eigenvalue weighted by Crippen LogP contribution is -2.07. The summed E-state index contributed by atoms with van der Waals surface area (Å²) in [5.41, 5.74) is 7.40. The maximum absolute atomic E-state index is 6.15. The van der Waals surface area contributed by atoms with Crippen molar-refractivity contribution in [2.45, 2.75) is 20.3 Å². The van der Waals surface area contributed by atoms with E-state index in [9.17, 15) is 0 Å². The largest absolute Gasteiger partial charge is 0.463 e. The van der Waals surface area contributed by atoms with Crippen LogP contribution in [0, 0.1) is 6.92 Å². The van der Waals surface area contributed by atoms with Crippen LogP contribution in [0.2, 0.25) is 5.02 Å². The molecule has 0 bridgehead atoms. The van der Waals surface area contributed by atoms with Crippen LogP contribution in [0.15, 0.2) is 18.2 Å².